The van der Waals surface area contributed by atoms with E-state index in [0.717, 1.165) is 0 Å². The Kier molecular flexibility index (Phi) is 5.75. The van der Waals surface area contributed by atoms with Crippen LogP contribution in [-0.4, -0.2) is 0 Å². The van der Waals surface area contributed by atoms with Gasteiger partial charge in [-0.15, -0.1) is 0 Å². The van der Waals surface area contributed by atoms with Crippen molar-refractivity contribution in [3.05, 3.63) is 174 Å². The predicted octanol–water partition coefficient (Wildman–Crippen LogP) is 13.2. The van der Waals surface area contributed by atoms with Gasteiger partial charge in [-0.3, -0.25) is 0 Å². The van der Waals surface area contributed by atoms with Crippen molar-refractivity contribution >= 4 is 49.4 Å². The monoisotopic (exact) mass is 627 g/mol. The molecule has 0 radical (unpaired) electrons. The van der Waals surface area contributed by atoms with Crippen LogP contribution in [0.1, 0.15) is 49.9 Å². The number of hydrogen-bond donors (Lipinski definition) is 0. The molecule has 2 aliphatic carbocycles. The Labute approximate surface area is 288 Å². The molecule has 49 heavy (non-hydrogen) atoms. The minimum atomic E-state index is -0.101. The quantitative estimate of drug-likeness (QED) is 0.176. The molecule has 2 aliphatic rings. The molecule has 0 N–H and O–H groups in total. The third kappa shape index (κ3) is 3.82. The third-order valence-electron chi connectivity index (χ3n) is 11.6. The summed E-state index contributed by atoms with van der Waals surface area (Å²) in [7, 11) is 0. The molecule has 0 amide bonds. The summed E-state index contributed by atoms with van der Waals surface area (Å²) in [5.74, 6) is 0. The SMILES string of the molecule is CC1(C)c2ccccc2-c2cc(N(c3cccc4c3-c3ccccc3C4(C)C)c3cccc4ccc5ccc6ccccc6c5c34)ccc21. The second-order valence-corrected chi connectivity index (χ2v) is 14.9. The van der Waals surface area contributed by atoms with Crippen molar-refractivity contribution < 1.29 is 0 Å². The van der Waals surface area contributed by atoms with E-state index in [1.165, 1.54) is 93.9 Å². The smallest absolute Gasteiger partial charge is 0.0546 e. The summed E-state index contributed by atoms with van der Waals surface area (Å²) >= 11 is 0. The Morgan fingerprint density at radius 3 is 1.76 bits per heavy atom. The van der Waals surface area contributed by atoms with Gasteiger partial charge in [0.15, 0.2) is 0 Å². The lowest BCUT2D eigenvalue weighted by molar-refractivity contribution is 0.660. The highest BCUT2D eigenvalue weighted by Gasteiger charge is 2.39. The number of rotatable bonds is 3. The molecule has 0 spiro atoms. The zero-order valence-corrected chi connectivity index (χ0v) is 28.4. The molecule has 234 valence electrons. The van der Waals surface area contributed by atoms with Gasteiger partial charge in [-0.2, -0.15) is 0 Å². The summed E-state index contributed by atoms with van der Waals surface area (Å²) in [5, 5.41) is 7.63. The van der Waals surface area contributed by atoms with Crippen molar-refractivity contribution in [2.45, 2.75) is 38.5 Å². The standard InChI is InChI=1S/C48H37N/c1-47(2)38-18-9-7-16-35(38)37-29-33(27-28-40(37)47)49(43-22-12-20-41-46(43)36-17-8-10-19-39(36)48(41,3)4)42-21-11-14-31-25-26-32-24-23-30-13-5-6-15-34(30)44(32)45(31)42/h5-29H,1-4H3. The summed E-state index contributed by atoms with van der Waals surface area (Å²) < 4.78 is 0. The third-order valence-corrected chi connectivity index (χ3v) is 11.6. The van der Waals surface area contributed by atoms with Gasteiger partial charge in [-0.1, -0.05) is 155 Å². The summed E-state index contributed by atoms with van der Waals surface area (Å²) in [5.41, 5.74) is 14.3. The Morgan fingerprint density at radius 1 is 0.388 bits per heavy atom. The molecule has 0 atom stereocenters. The van der Waals surface area contributed by atoms with E-state index in [9.17, 15) is 0 Å². The van der Waals surface area contributed by atoms with Crippen molar-refractivity contribution in [2.24, 2.45) is 0 Å². The summed E-state index contributed by atoms with van der Waals surface area (Å²) in [4.78, 5) is 2.56. The van der Waals surface area contributed by atoms with Crippen LogP contribution in [0.2, 0.25) is 0 Å². The first-order chi connectivity index (χ1) is 23.8. The van der Waals surface area contributed by atoms with Gasteiger partial charge in [-0.05, 0) is 90.1 Å². The van der Waals surface area contributed by atoms with Crippen molar-refractivity contribution in [3.63, 3.8) is 0 Å². The fraction of sp³-hybridized carbons (Fsp3) is 0.125. The van der Waals surface area contributed by atoms with Gasteiger partial charge in [-0.25, -0.2) is 0 Å². The maximum absolute atomic E-state index is 2.56. The topological polar surface area (TPSA) is 3.24 Å². The molecule has 10 rings (SSSR count). The van der Waals surface area contributed by atoms with E-state index < -0.39 is 0 Å². The number of nitrogens with zero attached hydrogens (tertiary/aromatic N) is 1. The molecule has 0 heterocycles. The highest BCUT2D eigenvalue weighted by molar-refractivity contribution is 6.24. The highest BCUT2D eigenvalue weighted by Crippen LogP contribution is 2.56. The molecular weight excluding hydrogens is 591 g/mol. The van der Waals surface area contributed by atoms with Gasteiger partial charge in [0.2, 0.25) is 0 Å². The van der Waals surface area contributed by atoms with Crippen molar-refractivity contribution in [2.75, 3.05) is 4.90 Å². The van der Waals surface area contributed by atoms with Gasteiger partial charge in [0.25, 0.3) is 0 Å². The number of anilines is 3. The predicted molar refractivity (Wildman–Crippen MR) is 209 cm³/mol. The molecule has 1 nitrogen and oxygen atoms in total. The van der Waals surface area contributed by atoms with Crippen LogP contribution in [0.5, 0.6) is 0 Å². The molecule has 0 saturated heterocycles. The summed E-state index contributed by atoms with van der Waals surface area (Å²) in [6.45, 7) is 9.47. The Bertz CT molecular complexity index is 2670. The number of fused-ring (bicyclic) bond motifs is 11. The second-order valence-electron chi connectivity index (χ2n) is 14.9. The molecule has 0 saturated carbocycles. The lowest BCUT2D eigenvalue weighted by Gasteiger charge is -2.31. The average Bonchev–Trinajstić information content (AvgIpc) is 3.51. The first-order valence-corrected chi connectivity index (χ1v) is 17.5. The molecule has 0 aliphatic heterocycles. The lowest BCUT2D eigenvalue weighted by atomic mass is 9.82. The lowest BCUT2D eigenvalue weighted by Crippen LogP contribution is -2.17. The Morgan fingerprint density at radius 2 is 0.939 bits per heavy atom. The molecule has 0 unspecified atom stereocenters. The molecule has 0 bridgehead atoms. The van der Waals surface area contributed by atoms with E-state index in [4.69, 9.17) is 0 Å². The summed E-state index contributed by atoms with van der Waals surface area (Å²) in [6.07, 6.45) is 0. The van der Waals surface area contributed by atoms with Crippen LogP contribution in [0.3, 0.4) is 0 Å². The van der Waals surface area contributed by atoms with E-state index in [1.807, 2.05) is 0 Å². The molecule has 1 heteroatoms. The van der Waals surface area contributed by atoms with Crippen LogP contribution in [0.4, 0.5) is 17.1 Å². The molecule has 0 fully saturated rings. The fourth-order valence-electron chi connectivity index (χ4n) is 9.22. The number of hydrogen-bond acceptors (Lipinski definition) is 1. The average molecular weight is 628 g/mol. The zero-order valence-electron chi connectivity index (χ0n) is 28.4. The van der Waals surface area contributed by atoms with Crippen molar-refractivity contribution in [1.82, 2.24) is 0 Å². The molecule has 8 aromatic rings. The van der Waals surface area contributed by atoms with Crippen LogP contribution in [0, 0.1) is 0 Å². The second kappa shape index (κ2) is 9.94. The molecule has 0 aromatic heterocycles. The van der Waals surface area contributed by atoms with Gasteiger partial charge >= 0.3 is 0 Å². The van der Waals surface area contributed by atoms with Gasteiger partial charge in [0.05, 0.1) is 11.4 Å². The first-order valence-electron chi connectivity index (χ1n) is 17.5. The largest absolute Gasteiger partial charge is 0.309 e. The normalized spacial score (nSPS) is 14.9. The Hall–Kier alpha value is -5.66. The maximum atomic E-state index is 2.56. The van der Waals surface area contributed by atoms with E-state index >= 15 is 0 Å². The molecular formula is C48H37N. The van der Waals surface area contributed by atoms with Gasteiger partial charge in [0.1, 0.15) is 0 Å². The van der Waals surface area contributed by atoms with Crippen molar-refractivity contribution in [1.29, 1.82) is 0 Å². The van der Waals surface area contributed by atoms with Gasteiger partial charge in [0, 0.05) is 27.5 Å². The maximum Gasteiger partial charge on any atom is 0.0546 e. The van der Waals surface area contributed by atoms with Crippen LogP contribution >= 0.6 is 0 Å². The highest BCUT2D eigenvalue weighted by atomic mass is 15.1. The minimum Gasteiger partial charge on any atom is -0.309 e. The van der Waals surface area contributed by atoms with Crippen LogP contribution in [-0.2, 0) is 10.8 Å². The Balaban J connectivity index is 1.35. The van der Waals surface area contributed by atoms with Crippen molar-refractivity contribution in [3.8, 4) is 22.3 Å². The van der Waals surface area contributed by atoms with Crippen LogP contribution in [0.15, 0.2) is 152 Å². The van der Waals surface area contributed by atoms with Crippen LogP contribution < -0.4 is 4.90 Å². The fourth-order valence-corrected chi connectivity index (χ4v) is 9.22. The number of benzene rings is 8. The van der Waals surface area contributed by atoms with Gasteiger partial charge < -0.3 is 4.90 Å². The van der Waals surface area contributed by atoms with E-state index in [2.05, 4.69) is 184 Å². The van der Waals surface area contributed by atoms with E-state index in [1.54, 1.807) is 0 Å². The molecule has 8 aromatic carbocycles. The first kappa shape index (κ1) is 28.4. The van der Waals surface area contributed by atoms with E-state index in [0.29, 0.717) is 0 Å². The summed E-state index contributed by atoms with van der Waals surface area (Å²) in [6, 6.07) is 56.9. The van der Waals surface area contributed by atoms with Crippen LogP contribution in [0.25, 0.3) is 54.6 Å². The zero-order chi connectivity index (χ0) is 33.1. The minimum absolute atomic E-state index is 0.0548. The van der Waals surface area contributed by atoms with E-state index in [-0.39, 0.29) is 10.8 Å².